The Balaban J connectivity index is 1.59. The van der Waals surface area contributed by atoms with Crippen LogP contribution >= 0.6 is 0 Å². The number of hydrogen-bond donors (Lipinski definition) is 3. The van der Waals surface area contributed by atoms with Crippen LogP contribution < -0.4 is 5.32 Å². The third kappa shape index (κ3) is 7.74. The Labute approximate surface area is 224 Å². The number of nitrogens with zero attached hydrogens (tertiary/aromatic N) is 3. The summed E-state index contributed by atoms with van der Waals surface area (Å²) in [5.74, 6) is -4.46. The van der Waals surface area contributed by atoms with E-state index < -0.39 is 29.9 Å². The van der Waals surface area contributed by atoms with Gasteiger partial charge in [-0.1, -0.05) is 30.3 Å². The molecule has 8 nitrogen and oxygen atoms in total. The predicted octanol–water partition coefficient (Wildman–Crippen LogP) is 2.39. The Hall–Kier alpha value is -2.55. The minimum Gasteiger partial charge on any atom is -0.426 e. The summed E-state index contributed by atoms with van der Waals surface area (Å²) in [5.41, 5.74) is -1.31. The summed E-state index contributed by atoms with van der Waals surface area (Å²) < 4.78 is 27.7. The summed E-state index contributed by atoms with van der Waals surface area (Å²) in [5, 5.41) is 32.3. The van der Waals surface area contributed by atoms with Gasteiger partial charge in [0.25, 0.3) is 5.92 Å². The molecular formula is C27H39BF2N4O4. The predicted molar refractivity (Wildman–Crippen MR) is 140 cm³/mol. The number of rotatable bonds is 10. The molecule has 3 atom stereocenters. The van der Waals surface area contributed by atoms with E-state index in [4.69, 9.17) is 0 Å². The first-order chi connectivity index (χ1) is 17.7. The van der Waals surface area contributed by atoms with Crippen LogP contribution in [0.5, 0.6) is 0 Å². The van der Waals surface area contributed by atoms with Crippen molar-refractivity contribution >= 4 is 18.9 Å². The molecule has 2 aliphatic heterocycles. The molecule has 2 heterocycles. The summed E-state index contributed by atoms with van der Waals surface area (Å²) in [6, 6.07) is 11.4. The molecule has 1 aromatic rings. The number of nitrogens with one attached hydrogen (secondary N) is 1. The maximum Gasteiger partial charge on any atom is 0.475 e. The molecule has 1 aromatic carbocycles. The van der Waals surface area contributed by atoms with Gasteiger partial charge in [-0.05, 0) is 57.9 Å². The monoisotopic (exact) mass is 532 g/mol. The van der Waals surface area contributed by atoms with Gasteiger partial charge in [-0.25, -0.2) is 8.78 Å². The fraction of sp³-hybridized carbons (Fsp3) is 0.667. The molecule has 0 spiro atoms. The Kier molecular flexibility index (Phi) is 9.55. The second-order valence-corrected chi connectivity index (χ2v) is 11.7. The summed E-state index contributed by atoms with van der Waals surface area (Å²) in [7, 11) is -1.72. The highest BCUT2D eigenvalue weighted by Crippen LogP contribution is 2.39. The van der Waals surface area contributed by atoms with Gasteiger partial charge in [0.2, 0.25) is 11.8 Å². The van der Waals surface area contributed by atoms with Crippen LogP contribution in [0.1, 0.15) is 58.4 Å². The molecule has 1 unspecified atom stereocenters. The van der Waals surface area contributed by atoms with E-state index in [9.17, 15) is 33.7 Å². The summed E-state index contributed by atoms with van der Waals surface area (Å²) in [6.45, 7) is 5.75. The third-order valence-electron chi connectivity index (χ3n) is 7.82. The van der Waals surface area contributed by atoms with Crippen molar-refractivity contribution in [2.75, 3.05) is 26.2 Å². The van der Waals surface area contributed by atoms with E-state index >= 15 is 0 Å². The topological polar surface area (TPSA) is 117 Å². The van der Waals surface area contributed by atoms with Crippen LogP contribution in [0.15, 0.2) is 30.3 Å². The molecule has 0 saturated carbocycles. The lowest BCUT2D eigenvalue weighted by atomic mass is 9.75. The summed E-state index contributed by atoms with van der Waals surface area (Å²) in [4.78, 5) is 29.6. The van der Waals surface area contributed by atoms with Crippen molar-refractivity contribution in [2.45, 2.75) is 76.7 Å². The first kappa shape index (κ1) is 30.0. The van der Waals surface area contributed by atoms with Crippen LogP contribution in [0.25, 0.3) is 0 Å². The van der Waals surface area contributed by atoms with Gasteiger partial charge in [-0.2, -0.15) is 5.26 Å². The van der Waals surface area contributed by atoms with Gasteiger partial charge in [-0.15, -0.1) is 0 Å². The molecule has 11 heteroatoms. The molecule has 3 rings (SSSR count). The minimum atomic E-state index is -2.77. The lowest BCUT2D eigenvalue weighted by Crippen LogP contribution is -2.53. The molecule has 0 radical (unpaired) electrons. The lowest BCUT2D eigenvalue weighted by Gasteiger charge is -2.42. The molecule has 2 amide bonds. The number of halogens is 2. The highest BCUT2D eigenvalue weighted by Gasteiger charge is 2.49. The van der Waals surface area contributed by atoms with Gasteiger partial charge >= 0.3 is 7.12 Å². The standard InChI is InChI=1S/C27H39BF2N4O4/c1-25(2,34-13-11-27(29,30)19-34)17-26(3,18-31)24(36)33-12-7-10-21(16-33)15-23(35)32-22(28(37)38)14-20-8-5-4-6-9-20/h4-6,8-9,21-22,37-38H,7,10-17,19H2,1-3H3,(H,32,35)/t21-,22-,26?/m0/s1. The average molecular weight is 532 g/mol. The zero-order valence-corrected chi connectivity index (χ0v) is 22.5. The molecule has 2 aliphatic rings. The van der Waals surface area contributed by atoms with Gasteiger partial charge < -0.3 is 20.3 Å². The van der Waals surface area contributed by atoms with Crippen molar-refractivity contribution in [1.29, 1.82) is 5.26 Å². The Morgan fingerprint density at radius 2 is 1.92 bits per heavy atom. The zero-order valence-electron chi connectivity index (χ0n) is 22.5. The van der Waals surface area contributed by atoms with E-state index in [2.05, 4.69) is 11.4 Å². The van der Waals surface area contributed by atoms with Crippen LogP contribution in [0.4, 0.5) is 8.78 Å². The second kappa shape index (κ2) is 12.1. The highest BCUT2D eigenvalue weighted by atomic mass is 19.3. The maximum absolute atomic E-state index is 13.8. The van der Waals surface area contributed by atoms with Crippen LogP contribution in [0.2, 0.25) is 0 Å². The van der Waals surface area contributed by atoms with Crippen LogP contribution in [0, 0.1) is 22.7 Å². The first-order valence-electron chi connectivity index (χ1n) is 13.3. The Morgan fingerprint density at radius 1 is 1.24 bits per heavy atom. The molecule has 38 heavy (non-hydrogen) atoms. The van der Waals surface area contributed by atoms with E-state index in [0.717, 1.165) is 12.0 Å². The quantitative estimate of drug-likeness (QED) is 0.399. The fourth-order valence-electron chi connectivity index (χ4n) is 5.78. The zero-order chi connectivity index (χ0) is 28.1. The van der Waals surface area contributed by atoms with Crippen LogP contribution in [0.3, 0.4) is 0 Å². The Bertz CT molecular complexity index is 1020. The lowest BCUT2D eigenvalue weighted by molar-refractivity contribution is -0.142. The molecule has 2 fully saturated rings. The van der Waals surface area contributed by atoms with Gasteiger partial charge in [-0.3, -0.25) is 14.5 Å². The number of nitriles is 1. The summed E-state index contributed by atoms with van der Waals surface area (Å²) >= 11 is 0. The number of piperidine rings is 1. The van der Waals surface area contributed by atoms with E-state index in [1.54, 1.807) is 30.6 Å². The normalized spacial score (nSPS) is 22.3. The fourth-order valence-corrected chi connectivity index (χ4v) is 5.78. The van der Waals surface area contributed by atoms with Crippen molar-refractivity contribution < 1.29 is 28.4 Å². The number of alkyl halides is 2. The van der Waals surface area contributed by atoms with E-state index in [1.165, 1.54) is 0 Å². The number of carbonyl (C=O) groups is 2. The van der Waals surface area contributed by atoms with Gasteiger partial charge in [0.15, 0.2) is 0 Å². The van der Waals surface area contributed by atoms with E-state index in [1.807, 2.05) is 30.3 Å². The van der Waals surface area contributed by atoms with Crippen molar-refractivity contribution in [2.24, 2.45) is 11.3 Å². The maximum atomic E-state index is 13.8. The number of hydrogen-bond acceptors (Lipinski definition) is 6. The molecular weight excluding hydrogens is 493 g/mol. The number of amides is 2. The van der Waals surface area contributed by atoms with Crippen molar-refractivity contribution in [3.63, 3.8) is 0 Å². The van der Waals surface area contributed by atoms with Gasteiger partial charge in [0.05, 0.1) is 18.6 Å². The first-order valence-corrected chi connectivity index (χ1v) is 13.3. The van der Waals surface area contributed by atoms with Gasteiger partial charge in [0, 0.05) is 38.0 Å². The number of likely N-dealkylation sites (tertiary alicyclic amines) is 2. The molecule has 0 aliphatic carbocycles. The van der Waals surface area contributed by atoms with E-state index in [-0.39, 0.29) is 56.5 Å². The molecule has 208 valence electrons. The van der Waals surface area contributed by atoms with Gasteiger partial charge in [0.1, 0.15) is 5.41 Å². The molecule has 2 saturated heterocycles. The smallest absolute Gasteiger partial charge is 0.426 e. The molecule has 0 aromatic heterocycles. The van der Waals surface area contributed by atoms with Crippen molar-refractivity contribution in [3.8, 4) is 6.07 Å². The largest absolute Gasteiger partial charge is 0.475 e. The van der Waals surface area contributed by atoms with Crippen molar-refractivity contribution in [1.82, 2.24) is 15.1 Å². The second-order valence-electron chi connectivity index (χ2n) is 11.7. The SMILES string of the molecule is CC(C#N)(CC(C)(C)N1CCC(F)(F)C1)C(=O)N1CCC[C@@H](CC(=O)N[C@@H](Cc2ccccc2)B(O)O)C1. The molecule has 3 N–H and O–H groups in total. The van der Waals surface area contributed by atoms with Crippen LogP contribution in [-0.4, -0.2) is 82.4 Å². The van der Waals surface area contributed by atoms with E-state index in [0.29, 0.717) is 19.5 Å². The Morgan fingerprint density at radius 3 is 2.50 bits per heavy atom. The number of benzene rings is 1. The third-order valence-corrected chi connectivity index (χ3v) is 7.82. The number of carbonyl (C=O) groups excluding carboxylic acids is 2. The van der Waals surface area contributed by atoms with Crippen LogP contribution in [-0.2, 0) is 16.0 Å². The highest BCUT2D eigenvalue weighted by molar-refractivity contribution is 6.43. The average Bonchev–Trinajstić information content (AvgIpc) is 3.24. The summed E-state index contributed by atoms with van der Waals surface area (Å²) in [6.07, 6.45) is 1.65. The minimum absolute atomic E-state index is 0.111. The molecule has 0 bridgehead atoms. The van der Waals surface area contributed by atoms with Crippen molar-refractivity contribution in [3.05, 3.63) is 35.9 Å².